The van der Waals surface area contributed by atoms with E-state index in [-0.39, 0.29) is 6.04 Å². The van der Waals surface area contributed by atoms with E-state index in [1.807, 2.05) is 24.3 Å². The number of halogens is 3. The Balaban J connectivity index is 2.29. The van der Waals surface area contributed by atoms with E-state index < -0.39 is 0 Å². The largest absolute Gasteiger partial charge is 0.459 e. The van der Waals surface area contributed by atoms with Crippen LogP contribution in [-0.2, 0) is 0 Å². The maximum Gasteiger partial charge on any atom is 0.135 e. The molecule has 2 rings (SSSR count). The van der Waals surface area contributed by atoms with Crippen LogP contribution in [0.3, 0.4) is 0 Å². The molecule has 0 aliphatic carbocycles. The predicted octanol–water partition coefficient (Wildman–Crippen LogP) is 6.47. The van der Waals surface area contributed by atoms with Crippen molar-refractivity contribution in [3.63, 3.8) is 0 Å². The highest BCUT2D eigenvalue weighted by molar-refractivity contribution is 9.10. The first-order valence-electron chi connectivity index (χ1n) is 7.05. The molecule has 2 nitrogen and oxygen atoms in total. The van der Waals surface area contributed by atoms with E-state index in [4.69, 9.17) is 27.6 Å². The molecular formula is C16H18BrCl2NO. The molecule has 114 valence electrons. The van der Waals surface area contributed by atoms with Crippen LogP contribution in [0, 0.1) is 0 Å². The molecule has 1 atom stereocenters. The topological polar surface area (TPSA) is 25.2 Å². The molecule has 0 amide bonds. The second-order valence-electron chi connectivity index (χ2n) is 4.84. The number of nitrogens with one attached hydrogen (secondary N) is 1. The highest BCUT2D eigenvalue weighted by Crippen LogP contribution is 2.39. The van der Waals surface area contributed by atoms with Crippen LogP contribution in [0.15, 0.2) is 33.2 Å². The zero-order valence-electron chi connectivity index (χ0n) is 12.1. The molecule has 0 fully saturated rings. The van der Waals surface area contributed by atoms with E-state index in [1.54, 1.807) is 0 Å². The first-order chi connectivity index (χ1) is 10.1. The Morgan fingerprint density at radius 3 is 2.57 bits per heavy atom. The molecule has 1 N–H and O–H groups in total. The standard InChI is InChI=1S/C16H18BrCl2NO/c1-3-9-20-12(4-2)14-8-7-13(21-14)10-5-6-11(17)16(19)15(10)18/h5-8,12,20H,3-4,9H2,1-2H3. The van der Waals surface area contributed by atoms with Gasteiger partial charge in [-0.25, -0.2) is 0 Å². The zero-order valence-corrected chi connectivity index (χ0v) is 15.1. The Labute approximate surface area is 143 Å². The molecule has 1 unspecified atom stereocenters. The fourth-order valence-corrected chi connectivity index (χ4v) is 3.03. The molecule has 1 aromatic heterocycles. The lowest BCUT2D eigenvalue weighted by Gasteiger charge is -2.13. The Bertz CT molecular complexity index is 612. The van der Waals surface area contributed by atoms with E-state index in [1.165, 1.54) is 0 Å². The van der Waals surface area contributed by atoms with E-state index in [2.05, 4.69) is 35.1 Å². The second kappa shape index (κ2) is 7.68. The summed E-state index contributed by atoms with van der Waals surface area (Å²) in [7, 11) is 0. The normalized spacial score (nSPS) is 12.6. The second-order valence-corrected chi connectivity index (χ2v) is 6.45. The SMILES string of the molecule is CCCNC(CC)c1ccc(-c2ccc(Br)c(Cl)c2Cl)o1. The van der Waals surface area contributed by atoms with Gasteiger partial charge in [-0.2, -0.15) is 0 Å². The quantitative estimate of drug-likeness (QED) is 0.572. The Morgan fingerprint density at radius 1 is 1.14 bits per heavy atom. The summed E-state index contributed by atoms with van der Waals surface area (Å²) in [4.78, 5) is 0. The molecular weight excluding hydrogens is 373 g/mol. The number of rotatable bonds is 6. The van der Waals surface area contributed by atoms with Gasteiger partial charge in [0.05, 0.1) is 16.1 Å². The first kappa shape index (κ1) is 16.9. The number of furan rings is 1. The molecule has 21 heavy (non-hydrogen) atoms. The smallest absolute Gasteiger partial charge is 0.135 e. The van der Waals surface area contributed by atoms with Crippen molar-refractivity contribution in [2.45, 2.75) is 32.7 Å². The average molecular weight is 391 g/mol. The third-order valence-corrected chi connectivity index (χ3v) is 5.09. The van der Waals surface area contributed by atoms with Crippen LogP contribution in [-0.4, -0.2) is 6.54 Å². The lowest BCUT2D eigenvalue weighted by molar-refractivity contribution is 0.411. The van der Waals surface area contributed by atoms with Crippen LogP contribution in [0.5, 0.6) is 0 Å². The van der Waals surface area contributed by atoms with Gasteiger partial charge in [0.15, 0.2) is 0 Å². The Hall–Kier alpha value is -0.480. The lowest BCUT2D eigenvalue weighted by Crippen LogP contribution is -2.20. The van der Waals surface area contributed by atoms with Crippen LogP contribution in [0.2, 0.25) is 10.0 Å². The summed E-state index contributed by atoms with van der Waals surface area (Å²) in [5, 5.41) is 4.48. The number of hydrogen-bond acceptors (Lipinski definition) is 2. The highest BCUT2D eigenvalue weighted by atomic mass is 79.9. The van der Waals surface area contributed by atoms with Gasteiger partial charge in [-0.15, -0.1) is 0 Å². The van der Waals surface area contributed by atoms with Crippen LogP contribution in [0.25, 0.3) is 11.3 Å². The Kier molecular flexibility index (Phi) is 6.18. The maximum absolute atomic E-state index is 6.30. The van der Waals surface area contributed by atoms with Crippen molar-refractivity contribution >= 4 is 39.1 Å². The lowest BCUT2D eigenvalue weighted by atomic mass is 10.1. The number of hydrogen-bond donors (Lipinski definition) is 1. The molecule has 0 aliphatic heterocycles. The minimum atomic E-state index is 0.225. The summed E-state index contributed by atoms with van der Waals surface area (Å²) in [6.07, 6.45) is 2.07. The van der Waals surface area contributed by atoms with Gasteiger partial charge in [0.1, 0.15) is 11.5 Å². The molecule has 0 aliphatic rings. The molecule has 1 aromatic carbocycles. The molecule has 0 bridgehead atoms. The number of benzene rings is 1. The van der Waals surface area contributed by atoms with Crippen LogP contribution < -0.4 is 5.32 Å². The fraction of sp³-hybridized carbons (Fsp3) is 0.375. The van der Waals surface area contributed by atoms with Crippen molar-refractivity contribution in [1.82, 2.24) is 5.32 Å². The molecule has 0 saturated carbocycles. The zero-order chi connectivity index (χ0) is 15.4. The van der Waals surface area contributed by atoms with E-state index in [9.17, 15) is 0 Å². The van der Waals surface area contributed by atoms with E-state index in [0.717, 1.165) is 40.9 Å². The third kappa shape index (κ3) is 3.84. The minimum Gasteiger partial charge on any atom is -0.459 e. The van der Waals surface area contributed by atoms with Gasteiger partial charge in [0.25, 0.3) is 0 Å². The van der Waals surface area contributed by atoms with Crippen molar-refractivity contribution in [3.8, 4) is 11.3 Å². The molecule has 5 heteroatoms. The summed E-state index contributed by atoms with van der Waals surface area (Å²) in [6, 6.07) is 7.94. The molecule has 0 radical (unpaired) electrons. The molecule has 0 spiro atoms. The maximum atomic E-state index is 6.30. The van der Waals surface area contributed by atoms with Crippen LogP contribution >= 0.6 is 39.1 Å². The van der Waals surface area contributed by atoms with Crippen molar-refractivity contribution < 1.29 is 4.42 Å². The van der Waals surface area contributed by atoms with Gasteiger partial charge >= 0.3 is 0 Å². The average Bonchev–Trinajstić information content (AvgIpc) is 2.95. The van der Waals surface area contributed by atoms with Crippen molar-refractivity contribution in [1.29, 1.82) is 0 Å². The summed E-state index contributed by atoms with van der Waals surface area (Å²) in [6.45, 7) is 5.26. The third-order valence-electron chi connectivity index (χ3n) is 3.32. The van der Waals surface area contributed by atoms with Crippen molar-refractivity contribution in [2.75, 3.05) is 6.54 Å². The van der Waals surface area contributed by atoms with Gasteiger partial charge in [-0.3, -0.25) is 0 Å². The van der Waals surface area contributed by atoms with Gasteiger partial charge in [0.2, 0.25) is 0 Å². The summed E-state index contributed by atoms with van der Waals surface area (Å²) in [5.74, 6) is 1.66. The van der Waals surface area contributed by atoms with Crippen LogP contribution in [0.4, 0.5) is 0 Å². The van der Waals surface area contributed by atoms with Crippen LogP contribution in [0.1, 0.15) is 38.5 Å². The Morgan fingerprint density at radius 2 is 1.90 bits per heavy atom. The monoisotopic (exact) mass is 389 g/mol. The van der Waals surface area contributed by atoms with Crippen molar-refractivity contribution in [3.05, 3.63) is 44.5 Å². The van der Waals surface area contributed by atoms with Gasteiger partial charge < -0.3 is 9.73 Å². The highest BCUT2D eigenvalue weighted by Gasteiger charge is 2.16. The van der Waals surface area contributed by atoms with E-state index in [0.29, 0.717) is 10.0 Å². The fourth-order valence-electron chi connectivity index (χ4n) is 2.17. The molecule has 1 heterocycles. The first-order valence-corrected chi connectivity index (χ1v) is 8.60. The van der Waals surface area contributed by atoms with Gasteiger partial charge in [-0.05, 0) is 59.6 Å². The predicted molar refractivity (Wildman–Crippen MR) is 93.2 cm³/mol. The molecule has 0 saturated heterocycles. The summed E-state index contributed by atoms with van der Waals surface area (Å²) >= 11 is 15.8. The molecule has 2 aromatic rings. The van der Waals surface area contributed by atoms with Gasteiger partial charge in [-0.1, -0.05) is 37.0 Å². The summed E-state index contributed by atoms with van der Waals surface area (Å²) in [5.41, 5.74) is 0.807. The summed E-state index contributed by atoms with van der Waals surface area (Å²) < 4.78 is 6.75. The van der Waals surface area contributed by atoms with Crippen molar-refractivity contribution in [2.24, 2.45) is 0 Å². The van der Waals surface area contributed by atoms with E-state index >= 15 is 0 Å². The minimum absolute atomic E-state index is 0.225. The van der Waals surface area contributed by atoms with Gasteiger partial charge in [0, 0.05) is 10.0 Å².